The van der Waals surface area contributed by atoms with Gasteiger partial charge in [-0.3, -0.25) is 0 Å². The van der Waals surface area contributed by atoms with Gasteiger partial charge in [-0.1, -0.05) is 31.2 Å². The molecule has 1 saturated carbocycles. The average molecular weight is 317 g/mol. The molecule has 0 unspecified atom stereocenters. The maximum atomic E-state index is 5.20. The largest absolute Gasteiger partial charge is 0.380 e. The van der Waals surface area contributed by atoms with Crippen molar-refractivity contribution < 1.29 is 4.74 Å². The van der Waals surface area contributed by atoms with Gasteiger partial charge in [0.25, 0.3) is 0 Å². The summed E-state index contributed by atoms with van der Waals surface area (Å²) in [5, 5.41) is 6.97. The Labute approximate surface area is 140 Å². The lowest BCUT2D eigenvalue weighted by molar-refractivity contribution is 0.185. The Hall–Kier alpha value is -1.55. The van der Waals surface area contributed by atoms with Crippen LogP contribution >= 0.6 is 0 Å². The zero-order valence-electron chi connectivity index (χ0n) is 14.8. The number of hydrogen-bond donors (Lipinski definition) is 2. The van der Waals surface area contributed by atoms with Crippen LogP contribution in [0.5, 0.6) is 0 Å². The number of nitrogens with zero attached hydrogens (tertiary/aromatic N) is 1. The third kappa shape index (κ3) is 6.22. The highest BCUT2D eigenvalue weighted by molar-refractivity contribution is 5.80. The van der Waals surface area contributed by atoms with Crippen molar-refractivity contribution in [2.45, 2.75) is 58.7 Å². The predicted octanol–water partition coefficient (Wildman–Crippen LogP) is 3.47. The number of ether oxygens (including phenoxy) is 1. The molecule has 0 heterocycles. The van der Waals surface area contributed by atoms with E-state index < -0.39 is 0 Å². The first-order valence-corrected chi connectivity index (χ1v) is 8.82. The van der Waals surface area contributed by atoms with Crippen LogP contribution < -0.4 is 10.6 Å². The number of nitrogens with one attached hydrogen (secondary N) is 2. The highest BCUT2D eigenvalue weighted by Crippen LogP contribution is 2.23. The Morgan fingerprint density at radius 1 is 1.22 bits per heavy atom. The maximum absolute atomic E-state index is 5.20. The summed E-state index contributed by atoms with van der Waals surface area (Å²) in [5.41, 5.74) is 2.41. The molecule has 2 rings (SSSR count). The quantitative estimate of drug-likeness (QED) is 0.624. The van der Waals surface area contributed by atoms with Gasteiger partial charge in [-0.2, -0.15) is 0 Å². The van der Waals surface area contributed by atoms with E-state index in [1.165, 1.54) is 36.8 Å². The standard InChI is InChI=1S/C19H31N3O/c1-4-20-19(22-18-10-8-15(2)9-11-18)21-13-16-6-5-7-17(12-16)14-23-3/h5-7,12,15,18H,4,8-11,13-14H2,1-3H3,(H2,20,21,22). The number of benzene rings is 1. The summed E-state index contributed by atoms with van der Waals surface area (Å²) >= 11 is 0. The van der Waals surface area contributed by atoms with Gasteiger partial charge in [-0.15, -0.1) is 0 Å². The lowest BCUT2D eigenvalue weighted by Crippen LogP contribution is -2.44. The van der Waals surface area contributed by atoms with Gasteiger partial charge in [0.05, 0.1) is 13.2 Å². The molecule has 4 nitrogen and oxygen atoms in total. The molecule has 1 aliphatic rings. The van der Waals surface area contributed by atoms with E-state index in [1.54, 1.807) is 7.11 Å². The Morgan fingerprint density at radius 3 is 2.65 bits per heavy atom. The first kappa shape index (κ1) is 17.8. The van der Waals surface area contributed by atoms with Crippen LogP contribution in [0.1, 0.15) is 50.7 Å². The summed E-state index contributed by atoms with van der Waals surface area (Å²) in [7, 11) is 1.73. The smallest absolute Gasteiger partial charge is 0.191 e. The minimum Gasteiger partial charge on any atom is -0.380 e. The number of aliphatic imine (C=N–C) groups is 1. The molecule has 0 saturated heterocycles. The fourth-order valence-electron chi connectivity index (χ4n) is 3.07. The molecule has 0 radical (unpaired) electrons. The molecule has 0 bridgehead atoms. The third-order valence-corrected chi connectivity index (χ3v) is 4.42. The molecule has 1 aromatic rings. The average Bonchev–Trinajstić information content (AvgIpc) is 2.56. The topological polar surface area (TPSA) is 45.7 Å². The summed E-state index contributed by atoms with van der Waals surface area (Å²) < 4.78 is 5.20. The fraction of sp³-hybridized carbons (Fsp3) is 0.632. The summed E-state index contributed by atoms with van der Waals surface area (Å²) in [6.45, 7) is 6.69. The van der Waals surface area contributed by atoms with Gasteiger partial charge < -0.3 is 15.4 Å². The molecule has 1 fully saturated rings. The Morgan fingerprint density at radius 2 is 1.96 bits per heavy atom. The van der Waals surface area contributed by atoms with E-state index in [1.807, 2.05) is 0 Å². The van der Waals surface area contributed by atoms with E-state index in [0.717, 1.165) is 18.4 Å². The van der Waals surface area contributed by atoms with Crippen molar-refractivity contribution in [3.63, 3.8) is 0 Å². The third-order valence-electron chi connectivity index (χ3n) is 4.42. The minimum absolute atomic E-state index is 0.559. The van der Waals surface area contributed by atoms with Crippen molar-refractivity contribution in [2.24, 2.45) is 10.9 Å². The van der Waals surface area contributed by atoms with E-state index in [-0.39, 0.29) is 0 Å². The zero-order valence-corrected chi connectivity index (χ0v) is 14.8. The molecule has 1 aliphatic carbocycles. The van der Waals surface area contributed by atoms with Crippen LogP contribution in [-0.4, -0.2) is 25.7 Å². The van der Waals surface area contributed by atoms with Gasteiger partial charge in [0.15, 0.2) is 5.96 Å². The van der Waals surface area contributed by atoms with Crippen molar-refractivity contribution in [3.8, 4) is 0 Å². The molecular weight excluding hydrogens is 286 g/mol. The first-order valence-electron chi connectivity index (χ1n) is 8.82. The molecule has 0 atom stereocenters. The summed E-state index contributed by atoms with van der Waals surface area (Å²) in [5.74, 6) is 1.81. The van der Waals surface area contributed by atoms with Crippen LogP contribution in [0.2, 0.25) is 0 Å². The van der Waals surface area contributed by atoms with Crippen LogP contribution in [-0.2, 0) is 17.9 Å². The highest BCUT2D eigenvalue weighted by Gasteiger charge is 2.18. The first-order chi connectivity index (χ1) is 11.2. The van der Waals surface area contributed by atoms with Gasteiger partial charge in [-0.05, 0) is 49.7 Å². The summed E-state index contributed by atoms with van der Waals surface area (Å²) in [4.78, 5) is 4.75. The summed E-state index contributed by atoms with van der Waals surface area (Å²) in [6.07, 6.45) is 5.12. The normalized spacial score (nSPS) is 22.0. The van der Waals surface area contributed by atoms with Gasteiger partial charge in [0.2, 0.25) is 0 Å². The van der Waals surface area contributed by atoms with E-state index >= 15 is 0 Å². The van der Waals surface area contributed by atoms with Gasteiger partial charge in [-0.25, -0.2) is 4.99 Å². The number of methoxy groups -OCH3 is 1. The maximum Gasteiger partial charge on any atom is 0.191 e. The van der Waals surface area contributed by atoms with Crippen LogP contribution in [0.25, 0.3) is 0 Å². The number of rotatable bonds is 6. The molecule has 0 aliphatic heterocycles. The van der Waals surface area contributed by atoms with Crippen LogP contribution in [0.4, 0.5) is 0 Å². The Kier molecular flexibility index (Phi) is 7.40. The van der Waals surface area contributed by atoms with Gasteiger partial charge in [0.1, 0.15) is 0 Å². The van der Waals surface area contributed by atoms with Crippen LogP contribution in [0.15, 0.2) is 29.3 Å². The molecule has 23 heavy (non-hydrogen) atoms. The van der Waals surface area contributed by atoms with Gasteiger partial charge >= 0.3 is 0 Å². The number of hydrogen-bond acceptors (Lipinski definition) is 2. The number of guanidine groups is 1. The monoisotopic (exact) mass is 317 g/mol. The lowest BCUT2D eigenvalue weighted by atomic mass is 9.87. The minimum atomic E-state index is 0.559. The SMILES string of the molecule is CCNC(=NCc1cccc(COC)c1)NC1CCC(C)CC1. The molecule has 4 heteroatoms. The second-order valence-electron chi connectivity index (χ2n) is 6.55. The summed E-state index contributed by atoms with van der Waals surface area (Å²) in [6, 6.07) is 9.00. The molecule has 0 aromatic heterocycles. The second-order valence-corrected chi connectivity index (χ2v) is 6.55. The molecular formula is C19H31N3O. The van der Waals surface area contributed by atoms with Crippen molar-refractivity contribution >= 4 is 5.96 Å². The molecule has 128 valence electrons. The van der Waals surface area contributed by atoms with Crippen molar-refractivity contribution in [1.82, 2.24) is 10.6 Å². The van der Waals surface area contributed by atoms with E-state index in [9.17, 15) is 0 Å². The van der Waals surface area contributed by atoms with E-state index in [4.69, 9.17) is 9.73 Å². The Bertz CT molecular complexity index is 493. The molecule has 1 aromatic carbocycles. The van der Waals surface area contributed by atoms with Crippen LogP contribution in [0.3, 0.4) is 0 Å². The molecule has 2 N–H and O–H groups in total. The fourth-order valence-corrected chi connectivity index (χ4v) is 3.07. The molecule has 0 spiro atoms. The lowest BCUT2D eigenvalue weighted by Gasteiger charge is -2.28. The second kappa shape index (κ2) is 9.56. The van der Waals surface area contributed by atoms with Gasteiger partial charge in [0, 0.05) is 19.7 Å². The predicted molar refractivity (Wildman–Crippen MR) is 96.5 cm³/mol. The van der Waals surface area contributed by atoms with Crippen molar-refractivity contribution in [1.29, 1.82) is 0 Å². The zero-order chi connectivity index (χ0) is 16.5. The van der Waals surface area contributed by atoms with Crippen molar-refractivity contribution in [2.75, 3.05) is 13.7 Å². The van der Waals surface area contributed by atoms with Crippen molar-refractivity contribution in [3.05, 3.63) is 35.4 Å². The molecule has 0 amide bonds. The Balaban J connectivity index is 1.93. The van der Waals surface area contributed by atoms with E-state index in [2.05, 4.69) is 48.7 Å². The van der Waals surface area contributed by atoms with E-state index in [0.29, 0.717) is 19.2 Å². The highest BCUT2D eigenvalue weighted by atomic mass is 16.5. The van der Waals surface area contributed by atoms with Crippen LogP contribution in [0, 0.1) is 5.92 Å².